The van der Waals surface area contributed by atoms with Gasteiger partial charge >= 0.3 is 6.09 Å². The summed E-state index contributed by atoms with van der Waals surface area (Å²) < 4.78 is 17.5. The quantitative estimate of drug-likeness (QED) is 0.349. The lowest BCUT2D eigenvalue weighted by Gasteiger charge is -2.39. The van der Waals surface area contributed by atoms with E-state index < -0.39 is 12.3 Å². The Balaban J connectivity index is 1.39. The molecule has 2 aliphatic rings. The molecule has 2 aromatic carbocycles. The number of piperidine rings is 1. The summed E-state index contributed by atoms with van der Waals surface area (Å²) in [6, 6.07) is 8.26. The molecule has 2 atom stereocenters. The molecule has 0 radical (unpaired) electrons. The van der Waals surface area contributed by atoms with Crippen LogP contribution in [0.25, 0.3) is 0 Å². The molecule has 2 saturated heterocycles. The lowest BCUT2D eigenvalue weighted by atomic mass is 9.96. The number of anilines is 1. The Morgan fingerprint density at radius 3 is 2.42 bits per heavy atom. The number of nitrogens with two attached hydrogens (primary N) is 1. The van der Waals surface area contributed by atoms with Crippen LogP contribution in [0.1, 0.15) is 43.0 Å². The van der Waals surface area contributed by atoms with E-state index in [2.05, 4.69) is 10.2 Å². The average Bonchev–Trinajstić information content (AvgIpc) is 3.49. The lowest BCUT2D eigenvalue weighted by molar-refractivity contribution is -0.0789. The molecule has 0 spiro atoms. The first kappa shape index (κ1) is 30.4. The van der Waals surface area contributed by atoms with Crippen LogP contribution >= 0.6 is 34.8 Å². The van der Waals surface area contributed by atoms with E-state index in [4.69, 9.17) is 54.7 Å². The average molecular weight is 614 g/mol. The van der Waals surface area contributed by atoms with Gasteiger partial charge in [0.05, 0.1) is 28.4 Å². The van der Waals surface area contributed by atoms with E-state index in [0.717, 1.165) is 25.7 Å². The van der Waals surface area contributed by atoms with E-state index in [1.165, 1.54) is 13.2 Å². The van der Waals surface area contributed by atoms with Gasteiger partial charge in [-0.3, -0.25) is 9.69 Å². The molecule has 2 amide bonds. The summed E-state index contributed by atoms with van der Waals surface area (Å²) in [6.07, 6.45) is 2.08. The Morgan fingerprint density at radius 2 is 1.75 bits per heavy atom. The topological polar surface area (TPSA) is 106 Å². The second kappa shape index (κ2) is 13.9. The minimum absolute atomic E-state index is 0.244. The number of nitrogens with zero attached hydrogens (tertiary/aromatic N) is 2. The number of amides is 2. The predicted octanol–water partition coefficient (Wildman–Crippen LogP) is 5.71. The van der Waals surface area contributed by atoms with Crippen LogP contribution in [-0.4, -0.2) is 74.0 Å². The standard InChI is InChI=1S/C28H35Cl3N4O5/c1-17(39-28(37)35-10-3-4-11-35)27(40-23-7-5-6-20(29)25(23)31)34-12-8-18(9-13-34)16-33-26(36)19-14-21(30)22(32)15-24(19)38-2/h5-7,14-15,17-18,27H,3-4,8-13,16,32H2,1-2H3,(H,33,36). The molecule has 0 saturated carbocycles. The molecule has 40 heavy (non-hydrogen) atoms. The molecular formula is C28H35Cl3N4O5. The number of rotatable bonds is 9. The van der Waals surface area contributed by atoms with Crippen molar-refractivity contribution < 1.29 is 23.8 Å². The number of nitrogens with one attached hydrogen (secondary N) is 1. The molecule has 0 aliphatic carbocycles. The van der Waals surface area contributed by atoms with Gasteiger partial charge in [-0.25, -0.2) is 4.79 Å². The zero-order valence-electron chi connectivity index (χ0n) is 22.6. The minimum atomic E-state index is -0.570. The van der Waals surface area contributed by atoms with Crippen LogP contribution in [0.4, 0.5) is 10.5 Å². The molecule has 218 valence electrons. The highest BCUT2D eigenvalue weighted by molar-refractivity contribution is 6.42. The molecule has 12 heteroatoms. The Kier molecular flexibility index (Phi) is 10.5. The number of carbonyl (C=O) groups excluding carboxylic acids is 2. The molecule has 3 N–H and O–H groups in total. The van der Waals surface area contributed by atoms with Crippen molar-refractivity contribution in [1.29, 1.82) is 0 Å². The Morgan fingerprint density at radius 1 is 1.05 bits per heavy atom. The van der Waals surface area contributed by atoms with Gasteiger partial charge < -0.3 is 30.2 Å². The summed E-state index contributed by atoms with van der Waals surface area (Å²) in [7, 11) is 1.48. The molecule has 2 fully saturated rings. The minimum Gasteiger partial charge on any atom is -0.496 e. The second-order valence-corrected chi connectivity index (χ2v) is 11.3. The zero-order chi connectivity index (χ0) is 28.8. The maximum Gasteiger partial charge on any atom is 0.410 e. The van der Waals surface area contributed by atoms with Gasteiger partial charge in [0.2, 0.25) is 0 Å². The first-order valence-electron chi connectivity index (χ1n) is 13.4. The maximum atomic E-state index is 12.9. The molecular weight excluding hydrogens is 579 g/mol. The van der Waals surface area contributed by atoms with Crippen LogP contribution in [0.5, 0.6) is 11.5 Å². The van der Waals surface area contributed by atoms with Gasteiger partial charge in [0.1, 0.15) is 16.5 Å². The molecule has 2 heterocycles. The number of carbonyl (C=O) groups is 2. The number of benzene rings is 2. The van der Waals surface area contributed by atoms with E-state index in [1.54, 1.807) is 29.2 Å². The first-order chi connectivity index (χ1) is 19.2. The van der Waals surface area contributed by atoms with Crippen molar-refractivity contribution >= 4 is 52.5 Å². The molecule has 2 aliphatic heterocycles. The van der Waals surface area contributed by atoms with Gasteiger partial charge in [-0.15, -0.1) is 0 Å². The van der Waals surface area contributed by atoms with Crippen molar-refractivity contribution in [2.75, 3.05) is 45.6 Å². The van der Waals surface area contributed by atoms with Crippen LogP contribution in [0.3, 0.4) is 0 Å². The van der Waals surface area contributed by atoms with Gasteiger partial charge in [0, 0.05) is 38.8 Å². The van der Waals surface area contributed by atoms with Crippen LogP contribution in [0, 0.1) is 5.92 Å². The molecule has 0 bridgehead atoms. The number of methoxy groups -OCH3 is 1. The molecule has 4 rings (SSSR count). The summed E-state index contributed by atoms with van der Waals surface area (Å²) in [5.74, 6) is 0.758. The van der Waals surface area contributed by atoms with Crippen LogP contribution in [0.15, 0.2) is 30.3 Å². The van der Waals surface area contributed by atoms with Gasteiger partial charge in [-0.2, -0.15) is 0 Å². The number of hydrogen-bond acceptors (Lipinski definition) is 7. The van der Waals surface area contributed by atoms with Crippen molar-refractivity contribution in [2.45, 2.75) is 44.9 Å². The van der Waals surface area contributed by atoms with Crippen LogP contribution < -0.4 is 20.5 Å². The zero-order valence-corrected chi connectivity index (χ0v) is 24.9. The number of ether oxygens (including phenoxy) is 3. The van der Waals surface area contributed by atoms with Crippen molar-refractivity contribution in [1.82, 2.24) is 15.1 Å². The smallest absolute Gasteiger partial charge is 0.410 e. The van der Waals surface area contributed by atoms with E-state index >= 15 is 0 Å². The Bertz CT molecular complexity index is 1200. The number of nitrogen functional groups attached to an aromatic ring is 1. The summed E-state index contributed by atoms with van der Waals surface area (Å²) in [6.45, 7) is 5.06. The first-order valence-corrected chi connectivity index (χ1v) is 14.5. The van der Waals surface area contributed by atoms with E-state index in [0.29, 0.717) is 70.5 Å². The van der Waals surface area contributed by atoms with Crippen molar-refractivity contribution in [2.24, 2.45) is 5.92 Å². The van der Waals surface area contributed by atoms with Gasteiger partial charge in [-0.1, -0.05) is 40.9 Å². The summed E-state index contributed by atoms with van der Waals surface area (Å²) in [4.78, 5) is 29.5. The highest BCUT2D eigenvalue weighted by Gasteiger charge is 2.34. The predicted molar refractivity (Wildman–Crippen MR) is 157 cm³/mol. The van der Waals surface area contributed by atoms with Crippen molar-refractivity contribution in [3.05, 3.63) is 51.0 Å². The normalized spacial score (nSPS) is 17.8. The Labute approximate surface area is 249 Å². The summed E-state index contributed by atoms with van der Waals surface area (Å²) in [5, 5.41) is 3.98. The van der Waals surface area contributed by atoms with Crippen LogP contribution in [0.2, 0.25) is 15.1 Å². The third-order valence-corrected chi connectivity index (χ3v) is 8.47. The van der Waals surface area contributed by atoms with Gasteiger partial charge in [-0.05, 0) is 56.7 Å². The molecule has 9 nitrogen and oxygen atoms in total. The van der Waals surface area contributed by atoms with Gasteiger partial charge in [0.15, 0.2) is 12.3 Å². The number of halogens is 3. The fourth-order valence-corrected chi connectivity index (χ4v) is 5.52. The van der Waals surface area contributed by atoms with E-state index in [1.807, 2.05) is 6.92 Å². The third kappa shape index (κ3) is 7.37. The fourth-order valence-electron chi connectivity index (χ4n) is 5.02. The third-order valence-electron chi connectivity index (χ3n) is 7.34. The fraction of sp³-hybridized carbons (Fsp3) is 0.500. The Hall–Kier alpha value is -2.59. The molecule has 2 unspecified atom stereocenters. The largest absolute Gasteiger partial charge is 0.496 e. The number of likely N-dealkylation sites (tertiary alicyclic amines) is 2. The van der Waals surface area contributed by atoms with Gasteiger partial charge in [0.25, 0.3) is 5.91 Å². The molecule has 0 aromatic heterocycles. The monoisotopic (exact) mass is 612 g/mol. The molecule has 2 aromatic rings. The highest BCUT2D eigenvalue weighted by Crippen LogP contribution is 2.34. The second-order valence-electron chi connectivity index (χ2n) is 10.1. The van der Waals surface area contributed by atoms with Crippen molar-refractivity contribution in [3.8, 4) is 11.5 Å². The number of hydrogen-bond donors (Lipinski definition) is 2. The van der Waals surface area contributed by atoms with Crippen molar-refractivity contribution in [3.63, 3.8) is 0 Å². The maximum absolute atomic E-state index is 12.9. The van der Waals surface area contributed by atoms with E-state index in [9.17, 15) is 9.59 Å². The van der Waals surface area contributed by atoms with Crippen LogP contribution in [-0.2, 0) is 4.74 Å². The highest BCUT2D eigenvalue weighted by atomic mass is 35.5. The van der Waals surface area contributed by atoms with E-state index in [-0.39, 0.29) is 17.9 Å². The summed E-state index contributed by atoms with van der Waals surface area (Å²) in [5.41, 5.74) is 6.51. The SMILES string of the molecule is COc1cc(N)c(Cl)cc1C(=O)NCC1CCN(C(Oc2cccc(Cl)c2Cl)C(C)OC(=O)N2CCCC2)CC1. The summed E-state index contributed by atoms with van der Waals surface area (Å²) >= 11 is 18.8. The lowest BCUT2D eigenvalue weighted by Crippen LogP contribution is -2.52.